The van der Waals surface area contributed by atoms with Gasteiger partial charge in [-0.25, -0.2) is 9.37 Å². The second-order valence-electron chi connectivity index (χ2n) is 7.20. The van der Waals surface area contributed by atoms with Crippen molar-refractivity contribution in [3.8, 4) is 5.69 Å². The molecule has 31 heavy (non-hydrogen) atoms. The zero-order chi connectivity index (χ0) is 22.0. The van der Waals surface area contributed by atoms with Crippen LogP contribution in [-0.2, 0) is 6.42 Å². The first-order chi connectivity index (χ1) is 15.0. The van der Waals surface area contributed by atoms with E-state index in [0.717, 1.165) is 6.42 Å². The highest BCUT2D eigenvalue weighted by Gasteiger charge is 2.21. The highest BCUT2D eigenvalue weighted by molar-refractivity contribution is 8.00. The fourth-order valence-electron chi connectivity index (χ4n) is 3.36. The minimum Gasteiger partial charge on any atom is -0.293 e. The van der Waals surface area contributed by atoms with Gasteiger partial charge >= 0.3 is 0 Å². The number of thioether (sulfide) groups is 1. The standard InChI is InChI=1S/C25H21FN2O2S/c1-3-17-8-10-18(11-9-17)23(29)16(2)31-25-27-22-7-5-4-6-21(22)24(30)28(25)20-14-12-19(26)13-15-20/h4-16H,3H2,1-2H3. The first-order valence-electron chi connectivity index (χ1n) is 10.1. The van der Waals surface area contributed by atoms with Crippen LogP contribution in [-0.4, -0.2) is 20.6 Å². The maximum Gasteiger partial charge on any atom is 0.266 e. The summed E-state index contributed by atoms with van der Waals surface area (Å²) in [7, 11) is 0. The van der Waals surface area contributed by atoms with Gasteiger partial charge in [0, 0.05) is 5.56 Å². The second kappa shape index (κ2) is 8.86. The lowest BCUT2D eigenvalue weighted by molar-refractivity contribution is 0.0994. The monoisotopic (exact) mass is 432 g/mol. The minimum absolute atomic E-state index is 0.0410. The molecule has 156 valence electrons. The van der Waals surface area contributed by atoms with E-state index < -0.39 is 5.25 Å². The molecule has 0 aliphatic heterocycles. The fourth-order valence-corrected chi connectivity index (χ4v) is 4.36. The summed E-state index contributed by atoms with van der Waals surface area (Å²) in [6.45, 7) is 3.87. The first-order valence-corrected chi connectivity index (χ1v) is 10.9. The maximum atomic E-state index is 13.5. The molecule has 0 aliphatic rings. The Balaban J connectivity index is 1.76. The van der Waals surface area contributed by atoms with Gasteiger partial charge in [-0.2, -0.15) is 0 Å². The number of carbonyl (C=O) groups is 1. The highest BCUT2D eigenvalue weighted by Crippen LogP contribution is 2.27. The Hall–Kier alpha value is -3.25. The number of benzene rings is 3. The van der Waals surface area contributed by atoms with Gasteiger partial charge < -0.3 is 0 Å². The molecule has 0 amide bonds. The summed E-state index contributed by atoms with van der Waals surface area (Å²) in [6, 6.07) is 20.3. The molecule has 4 aromatic rings. The van der Waals surface area contributed by atoms with Gasteiger partial charge in [-0.3, -0.25) is 14.2 Å². The molecule has 0 radical (unpaired) electrons. The summed E-state index contributed by atoms with van der Waals surface area (Å²) in [4.78, 5) is 30.9. The van der Waals surface area contributed by atoms with Crippen molar-refractivity contribution in [2.75, 3.05) is 0 Å². The van der Waals surface area contributed by atoms with Gasteiger partial charge in [0.25, 0.3) is 5.56 Å². The molecule has 0 saturated carbocycles. The normalized spacial score (nSPS) is 12.1. The molecule has 1 unspecified atom stereocenters. The predicted octanol–water partition coefficient (Wildman–Crippen LogP) is 5.45. The molecule has 0 saturated heterocycles. The van der Waals surface area contributed by atoms with E-state index in [9.17, 15) is 14.0 Å². The zero-order valence-electron chi connectivity index (χ0n) is 17.2. The van der Waals surface area contributed by atoms with Gasteiger partial charge in [-0.05, 0) is 55.3 Å². The lowest BCUT2D eigenvalue weighted by Gasteiger charge is -2.16. The van der Waals surface area contributed by atoms with Gasteiger partial charge in [0.15, 0.2) is 10.9 Å². The van der Waals surface area contributed by atoms with Crippen molar-refractivity contribution in [2.45, 2.75) is 30.7 Å². The van der Waals surface area contributed by atoms with Crippen LogP contribution in [0.1, 0.15) is 29.8 Å². The van der Waals surface area contributed by atoms with Gasteiger partial charge in [0.2, 0.25) is 0 Å². The van der Waals surface area contributed by atoms with Gasteiger partial charge in [-0.1, -0.05) is 55.1 Å². The molecule has 3 aromatic carbocycles. The van der Waals surface area contributed by atoms with Gasteiger partial charge in [-0.15, -0.1) is 0 Å². The number of halogens is 1. The molecule has 1 heterocycles. The Kier molecular flexibility index (Phi) is 6.00. The van der Waals surface area contributed by atoms with E-state index in [-0.39, 0.29) is 17.2 Å². The van der Waals surface area contributed by atoms with Crippen molar-refractivity contribution in [2.24, 2.45) is 0 Å². The molecule has 0 aliphatic carbocycles. The number of ketones is 1. The number of aryl methyl sites for hydroxylation is 1. The third kappa shape index (κ3) is 4.30. The van der Waals surface area contributed by atoms with E-state index in [4.69, 9.17) is 0 Å². The Bertz CT molecular complexity index is 1300. The van der Waals surface area contributed by atoms with Crippen LogP contribution in [0.3, 0.4) is 0 Å². The molecular formula is C25H21FN2O2S. The zero-order valence-corrected chi connectivity index (χ0v) is 18.0. The molecule has 4 rings (SSSR count). The predicted molar refractivity (Wildman–Crippen MR) is 123 cm³/mol. The van der Waals surface area contributed by atoms with Crippen LogP contribution in [0.15, 0.2) is 82.7 Å². The Morgan fingerprint density at radius 3 is 2.39 bits per heavy atom. The number of nitrogens with zero attached hydrogens (tertiary/aromatic N) is 2. The van der Waals surface area contributed by atoms with Crippen LogP contribution in [0.25, 0.3) is 16.6 Å². The van der Waals surface area contributed by atoms with Gasteiger partial charge in [0.05, 0.1) is 21.8 Å². The summed E-state index contributed by atoms with van der Waals surface area (Å²) in [5, 5.41) is 0.388. The van der Waals surface area contributed by atoms with Crippen molar-refractivity contribution in [3.05, 3.63) is 100 Å². The summed E-state index contributed by atoms with van der Waals surface area (Å²) in [6.07, 6.45) is 0.906. The highest BCUT2D eigenvalue weighted by atomic mass is 32.2. The largest absolute Gasteiger partial charge is 0.293 e. The summed E-state index contributed by atoms with van der Waals surface area (Å²) in [5.74, 6) is -0.431. The van der Waals surface area contributed by atoms with Crippen LogP contribution >= 0.6 is 11.8 Å². The number of Topliss-reactive ketones (excluding diaryl/α,β-unsaturated/α-hetero) is 1. The molecule has 4 nitrogen and oxygen atoms in total. The quantitative estimate of drug-likeness (QED) is 0.231. The number of para-hydroxylation sites is 1. The number of hydrogen-bond acceptors (Lipinski definition) is 4. The lowest BCUT2D eigenvalue weighted by Crippen LogP contribution is -2.23. The molecule has 0 bridgehead atoms. The number of aromatic nitrogens is 2. The van der Waals surface area contributed by atoms with Crippen molar-refractivity contribution in [3.63, 3.8) is 0 Å². The number of carbonyl (C=O) groups excluding carboxylic acids is 1. The summed E-state index contributed by atoms with van der Waals surface area (Å²) < 4.78 is 14.9. The third-order valence-corrected chi connectivity index (χ3v) is 6.18. The van der Waals surface area contributed by atoms with Crippen molar-refractivity contribution >= 4 is 28.4 Å². The molecule has 0 spiro atoms. The van der Waals surface area contributed by atoms with Crippen molar-refractivity contribution in [1.82, 2.24) is 9.55 Å². The fraction of sp³-hybridized carbons (Fsp3) is 0.160. The van der Waals surface area contributed by atoms with Crippen LogP contribution in [0.4, 0.5) is 4.39 Å². The molecule has 0 N–H and O–H groups in total. The Morgan fingerprint density at radius 2 is 1.71 bits per heavy atom. The van der Waals surface area contributed by atoms with Crippen LogP contribution in [0, 0.1) is 5.82 Å². The summed E-state index contributed by atoms with van der Waals surface area (Å²) in [5.41, 5.74) is 2.58. The first kappa shape index (κ1) is 21.0. The Labute approximate surface area is 183 Å². The molecular weight excluding hydrogens is 411 g/mol. The average molecular weight is 433 g/mol. The number of hydrogen-bond donors (Lipinski definition) is 0. The van der Waals surface area contributed by atoms with E-state index in [2.05, 4.69) is 11.9 Å². The smallest absolute Gasteiger partial charge is 0.266 e. The topological polar surface area (TPSA) is 52.0 Å². The molecule has 1 atom stereocenters. The molecule has 1 aromatic heterocycles. The second-order valence-corrected chi connectivity index (χ2v) is 8.51. The van der Waals surface area contributed by atoms with Crippen LogP contribution in [0.5, 0.6) is 0 Å². The van der Waals surface area contributed by atoms with Crippen LogP contribution in [0.2, 0.25) is 0 Å². The van der Waals surface area contributed by atoms with Crippen LogP contribution < -0.4 is 5.56 Å². The van der Waals surface area contributed by atoms with Gasteiger partial charge in [0.1, 0.15) is 5.82 Å². The van der Waals surface area contributed by atoms with E-state index in [1.54, 1.807) is 25.1 Å². The minimum atomic E-state index is -0.466. The third-order valence-electron chi connectivity index (χ3n) is 5.13. The maximum absolute atomic E-state index is 13.5. The Morgan fingerprint density at radius 1 is 1.03 bits per heavy atom. The van der Waals surface area contributed by atoms with Crippen molar-refractivity contribution < 1.29 is 9.18 Å². The lowest BCUT2D eigenvalue weighted by atomic mass is 10.1. The average Bonchev–Trinajstić information content (AvgIpc) is 2.80. The molecule has 6 heteroatoms. The number of fused-ring (bicyclic) bond motifs is 1. The SMILES string of the molecule is CCc1ccc(C(=O)C(C)Sc2nc3ccccc3c(=O)n2-c2ccc(F)cc2)cc1. The van der Waals surface area contributed by atoms with Crippen molar-refractivity contribution in [1.29, 1.82) is 0 Å². The van der Waals surface area contributed by atoms with E-state index in [0.29, 0.717) is 27.3 Å². The summed E-state index contributed by atoms with van der Waals surface area (Å²) >= 11 is 1.22. The van der Waals surface area contributed by atoms with E-state index in [1.807, 2.05) is 30.3 Å². The molecule has 0 fully saturated rings. The van der Waals surface area contributed by atoms with E-state index >= 15 is 0 Å². The van der Waals surface area contributed by atoms with E-state index in [1.165, 1.54) is 46.2 Å². The number of rotatable bonds is 6.